The highest BCUT2D eigenvalue weighted by Crippen LogP contribution is 2.19. The third-order valence-electron chi connectivity index (χ3n) is 6.02. The van der Waals surface area contributed by atoms with Crippen LogP contribution in [0.5, 0.6) is 0 Å². The maximum Gasteiger partial charge on any atom is 0.326 e. The van der Waals surface area contributed by atoms with Gasteiger partial charge in [0.15, 0.2) is 0 Å². The molecule has 15 heteroatoms. The summed E-state index contributed by atoms with van der Waals surface area (Å²) >= 11 is 0. The van der Waals surface area contributed by atoms with E-state index in [2.05, 4.69) is 30.6 Å². The highest BCUT2D eigenvalue weighted by atomic mass is 16.4. The van der Waals surface area contributed by atoms with Gasteiger partial charge in [0, 0.05) is 49.6 Å². The van der Waals surface area contributed by atoms with Crippen LogP contribution in [0.25, 0.3) is 0 Å². The number of aliphatic carboxylic acids is 2. The molecule has 0 radical (unpaired) electrons. The molecular weight excluding hydrogens is 488 g/mol. The normalized spacial score (nSPS) is 17.5. The number of nitrogens with zero attached hydrogens (tertiary/aromatic N) is 3. The Morgan fingerprint density at radius 1 is 1.03 bits per heavy atom. The highest BCUT2D eigenvalue weighted by Gasteiger charge is 2.38. The third-order valence-corrected chi connectivity index (χ3v) is 6.02. The zero-order chi connectivity index (χ0) is 26.9. The molecular formula is C22H30N8O7. The van der Waals surface area contributed by atoms with Crippen LogP contribution in [0.15, 0.2) is 25.0 Å². The second-order valence-electron chi connectivity index (χ2n) is 8.75. The number of H-pyrrole nitrogens is 2. The van der Waals surface area contributed by atoms with Crippen LogP contribution >= 0.6 is 0 Å². The van der Waals surface area contributed by atoms with Crippen molar-refractivity contribution in [2.75, 3.05) is 6.54 Å². The molecule has 3 amide bonds. The third kappa shape index (κ3) is 7.60. The van der Waals surface area contributed by atoms with E-state index in [4.69, 9.17) is 10.8 Å². The van der Waals surface area contributed by atoms with Crippen molar-refractivity contribution in [3.05, 3.63) is 36.4 Å². The number of hydrogen-bond donors (Lipinski definition) is 7. The molecule has 37 heavy (non-hydrogen) atoms. The molecule has 0 saturated carbocycles. The topological polar surface area (TPSA) is 236 Å². The Bertz CT molecular complexity index is 1090. The average molecular weight is 519 g/mol. The Morgan fingerprint density at radius 2 is 1.68 bits per heavy atom. The van der Waals surface area contributed by atoms with Crippen LogP contribution < -0.4 is 16.4 Å². The van der Waals surface area contributed by atoms with Crippen LogP contribution in [-0.4, -0.2) is 95.4 Å². The summed E-state index contributed by atoms with van der Waals surface area (Å²) < 4.78 is 0. The van der Waals surface area contributed by atoms with Gasteiger partial charge >= 0.3 is 11.9 Å². The summed E-state index contributed by atoms with van der Waals surface area (Å²) in [7, 11) is 0. The van der Waals surface area contributed by atoms with E-state index in [0.29, 0.717) is 30.8 Å². The lowest BCUT2D eigenvalue weighted by molar-refractivity contribution is -0.143. The Balaban J connectivity index is 1.67. The largest absolute Gasteiger partial charge is 0.481 e. The standard InChI is InChI=1S/C22H30N8O7/c23-14(6-12-8-24-10-26-12)21(35)30-5-1-2-17(30)20(34)28-15(3-4-18(31)32)19(33)29-16(22(36)37)7-13-9-25-11-27-13/h8-11,14-17H,1-7,23H2,(H,24,26)(H,25,27)(H,28,34)(H,29,33)(H,31,32)(H,36,37). The van der Waals surface area contributed by atoms with Crippen LogP contribution in [0.3, 0.4) is 0 Å². The number of aromatic amines is 2. The maximum absolute atomic E-state index is 13.1. The van der Waals surface area contributed by atoms with Gasteiger partial charge in [-0.05, 0) is 19.3 Å². The van der Waals surface area contributed by atoms with Crippen molar-refractivity contribution in [1.82, 2.24) is 35.5 Å². The van der Waals surface area contributed by atoms with Gasteiger partial charge in [-0.15, -0.1) is 0 Å². The zero-order valence-corrected chi connectivity index (χ0v) is 19.9. The fraction of sp³-hybridized carbons (Fsp3) is 0.500. The van der Waals surface area contributed by atoms with Crippen LogP contribution in [0.4, 0.5) is 0 Å². The van der Waals surface area contributed by atoms with Gasteiger partial charge in [0.05, 0.1) is 18.7 Å². The minimum atomic E-state index is -1.35. The number of carbonyl (C=O) groups is 5. The van der Waals surface area contributed by atoms with Gasteiger partial charge in [0.2, 0.25) is 17.7 Å². The van der Waals surface area contributed by atoms with Crippen molar-refractivity contribution < 1.29 is 34.2 Å². The van der Waals surface area contributed by atoms with E-state index < -0.39 is 60.2 Å². The lowest BCUT2D eigenvalue weighted by atomic mass is 10.1. The summed E-state index contributed by atoms with van der Waals surface area (Å²) in [5, 5.41) is 23.5. The lowest BCUT2D eigenvalue weighted by Crippen LogP contribution is -2.57. The number of carboxylic acids is 2. The van der Waals surface area contributed by atoms with Crippen LogP contribution in [0.2, 0.25) is 0 Å². The smallest absolute Gasteiger partial charge is 0.326 e. The molecule has 1 saturated heterocycles. The van der Waals surface area contributed by atoms with Gasteiger partial charge in [-0.2, -0.15) is 0 Å². The fourth-order valence-electron chi connectivity index (χ4n) is 4.13. The number of nitrogens with two attached hydrogens (primary N) is 1. The monoisotopic (exact) mass is 518 g/mol. The zero-order valence-electron chi connectivity index (χ0n) is 19.9. The van der Waals surface area contributed by atoms with Gasteiger partial charge in [-0.3, -0.25) is 19.2 Å². The molecule has 1 fully saturated rings. The molecule has 0 bridgehead atoms. The molecule has 3 rings (SSSR count). The number of hydrogen-bond acceptors (Lipinski definition) is 8. The summed E-state index contributed by atoms with van der Waals surface area (Å²) in [6.45, 7) is 0.296. The number of likely N-dealkylation sites (tertiary alicyclic amines) is 1. The van der Waals surface area contributed by atoms with Crippen LogP contribution in [-0.2, 0) is 36.8 Å². The number of carboxylic acid groups (broad SMARTS) is 2. The molecule has 200 valence electrons. The predicted molar refractivity (Wildman–Crippen MR) is 126 cm³/mol. The lowest BCUT2D eigenvalue weighted by Gasteiger charge is -2.28. The van der Waals surface area contributed by atoms with Crippen molar-refractivity contribution in [2.45, 2.75) is 62.7 Å². The summed E-state index contributed by atoms with van der Waals surface area (Å²) in [5.74, 6) is -4.45. The van der Waals surface area contributed by atoms with Crippen molar-refractivity contribution in [2.24, 2.45) is 5.73 Å². The second kappa shape index (κ2) is 12.6. The Labute approximate surface area is 211 Å². The molecule has 4 unspecified atom stereocenters. The van der Waals surface area contributed by atoms with E-state index >= 15 is 0 Å². The summed E-state index contributed by atoms with van der Waals surface area (Å²) in [5.41, 5.74) is 7.18. The minimum Gasteiger partial charge on any atom is -0.481 e. The first-order valence-corrected chi connectivity index (χ1v) is 11.7. The quantitative estimate of drug-likeness (QED) is 0.156. The van der Waals surface area contributed by atoms with Crippen LogP contribution in [0.1, 0.15) is 37.1 Å². The van der Waals surface area contributed by atoms with Crippen molar-refractivity contribution in [1.29, 1.82) is 0 Å². The average Bonchev–Trinajstić information content (AvgIpc) is 3.63. The fourth-order valence-corrected chi connectivity index (χ4v) is 4.13. The van der Waals surface area contributed by atoms with E-state index in [1.54, 1.807) is 6.20 Å². The molecule has 2 aromatic heterocycles. The molecule has 1 aliphatic rings. The van der Waals surface area contributed by atoms with Crippen molar-refractivity contribution >= 4 is 29.7 Å². The molecule has 4 atom stereocenters. The van der Waals surface area contributed by atoms with E-state index in [0.717, 1.165) is 0 Å². The molecule has 2 aromatic rings. The molecule has 0 aromatic carbocycles. The van der Waals surface area contributed by atoms with E-state index in [1.807, 2.05) is 0 Å². The van der Waals surface area contributed by atoms with Gasteiger partial charge in [-0.25, -0.2) is 14.8 Å². The maximum atomic E-state index is 13.1. The molecule has 3 heterocycles. The summed E-state index contributed by atoms with van der Waals surface area (Å²) in [6, 6.07) is -4.50. The van der Waals surface area contributed by atoms with E-state index in [1.165, 1.54) is 23.8 Å². The first kappa shape index (κ1) is 27.3. The molecule has 8 N–H and O–H groups in total. The Kier molecular flexibility index (Phi) is 9.32. The number of aromatic nitrogens is 4. The molecule has 0 spiro atoms. The summed E-state index contributed by atoms with van der Waals surface area (Å²) in [4.78, 5) is 76.5. The number of carbonyl (C=O) groups excluding carboxylic acids is 3. The van der Waals surface area contributed by atoms with Crippen molar-refractivity contribution in [3.63, 3.8) is 0 Å². The van der Waals surface area contributed by atoms with Gasteiger partial charge in [-0.1, -0.05) is 0 Å². The van der Waals surface area contributed by atoms with E-state index in [-0.39, 0.29) is 19.3 Å². The number of rotatable bonds is 13. The summed E-state index contributed by atoms with van der Waals surface area (Å²) in [6.07, 6.45) is 6.03. The second-order valence-corrected chi connectivity index (χ2v) is 8.75. The molecule has 0 aliphatic carbocycles. The highest BCUT2D eigenvalue weighted by molar-refractivity contribution is 5.94. The number of amides is 3. The Morgan fingerprint density at radius 3 is 2.24 bits per heavy atom. The van der Waals surface area contributed by atoms with Gasteiger partial charge < -0.3 is 41.4 Å². The van der Waals surface area contributed by atoms with E-state index in [9.17, 15) is 29.1 Å². The number of imidazole rings is 2. The van der Waals surface area contributed by atoms with Crippen LogP contribution in [0, 0.1) is 0 Å². The SMILES string of the molecule is NC(Cc1cnc[nH]1)C(=O)N1CCCC1C(=O)NC(CCC(=O)O)C(=O)NC(Cc1cnc[nH]1)C(=O)O. The van der Waals surface area contributed by atoms with Crippen molar-refractivity contribution in [3.8, 4) is 0 Å². The first-order valence-electron chi connectivity index (χ1n) is 11.7. The Hall–Kier alpha value is -4.27. The van der Waals surface area contributed by atoms with Gasteiger partial charge in [0.25, 0.3) is 0 Å². The number of nitrogens with one attached hydrogen (secondary N) is 4. The molecule has 15 nitrogen and oxygen atoms in total. The molecule has 1 aliphatic heterocycles. The first-order chi connectivity index (χ1) is 17.7. The minimum absolute atomic E-state index is 0.0974. The predicted octanol–water partition coefficient (Wildman–Crippen LogP) is -1.84. The van der Waals surface area contributed by atoms with Gasteiger partial charge in [0.1, 0.15) is 18.1 Å².